The number of methoxy groups -OCH3 is 1. The summed E-state index contributed by atoms with van der Waals surface area (Å²) in [5, 5.41) is 11.8. The van der Waals surface area contributed by atoms with Gasteiger partial charge in [-0.05, 0) is 49.0 Å². The number of Topliss-reactive ketones (excluding diaryl/α,β-unsaturated/α-hetero) is 1. The molecule has 0 amide bonds. The summed E-state index contributed by atoms with van der Waals surface area (Å²) in [4.78, 5) is 39.6. The van der Waals surface area contributed by atoms with Crippen LogP contribution in [0.1, 0.15) is 79.1 Å². The van der Waals surface area contributed by atoms with Crippen molar-refractivity contribution < 1.29 is 33.7 Å². The molecule has 0 unspecified atom stereocenters. The molecule has 0 radical (unpaired) electrons. The number of rotatable bonds is 8. The van der Waals surface area contributed by atoms with E-state index >= 15 is 0 Å². The van der Waals surface area contributed by atoms with Crippen molar-refractivity contribution in [3.8, 4) is 0 Å². The van der Waals surface area contributed by atoms with Crippen molar-refractivity contribution in [2.75, 3.05) is 13.7 Å². The lowest BCUT2D eigenvalue weighted by atomic mass is 9.39. The molecule has 0 heterocycles. The van der Waals surface area contributed by atoms with Crippen LogP contribution in [0.15, 0.2) is 12.2 Å². The Morgan fingerprint density at radius 2 is 1.95 bits per heavy atom. The van der Waals surface area contributed by atoms with Crippen LogP contribution < -0.4 is 5.73 Å². The van der Waals surface area contributed by atoms with Gasteiger partial charge in [-0.1, -0.05) is 46.6 Å². The van der Waals surface area contributed by atoms with Crippen LogP contribution in [0.4, 0.5) is 0 Å². The molecule has 8 heteroatoms. The molecule has 4 aliphatic rings. The predicted octanol–water partition coefficient (Wildman–Crippen LogP) is 3.33. The lowest BCUT2D eigenvalue weighted by Gasteiger charge is -2.67. The SMILES string of the molecule is C=C1C(=O)[C@]23[C@H](OC(=O)[C@@H](N)CCCC)[C@H]1C[C@H](O)[C@H]2[C@]1(COC(C)=O)CCCC(C)(C)[C@H]1C[C@H]3OC. The fraction of sp³-hybridized carbons (Fsp3) is 0.828. The summed E-state index contributed by atoms with van der Waals surface area (Å²) in [6, 6.07) is -0.787. The van der Waals surface area contributed by atoms with E-state index in [4.69, 9.17) is 19.9 Å². The smallest absolute Gasteiger partial charge is 0.323 e. The Bertz CT molecular complexity index is 947. The Kier molecular flexibility index (Phi) is 7.70. The Balaban J connectivity index is 1.87. The summed E-state index contributed by atoms with van der Waals surface area (Å²) < 4.78 is 18.0. The van der Waals surface area contributed by atoms with E-state index in [0.717, 1.165) is 25.7 Å². The summed E-state index contributed by atoms with van der Waals surface area (Å²) in [5.41, 5.74) is 4.47. The fourth-order valence-corrected chi connectivity index (χ4v) is 8.84. The lowest BCUT2D eigenvalue weighted by molar-refractivity contribution is -0.272. The van der Waals surface area contributed by atoms with Gasteiger partial charge in [0.25, 0.3) is 0 Å². The minimum atomic E-state index is -1.31. The van der Waals surface area contributed by atoms with Gasteiger partial charge in [-0.25, -0.2) is 0 Å². The number of aliphatic hydroxyl groups is 1. The predicted molar refractivity (Wildman–Crippen MR) is 137 cm³/mol. The molecule has 0 aromatic carbocycles. The van der Waals surface area contributed by atoms with Gasteiger partial charge in [0.15, 0.2) is 5.78 Å². The van der Waals surface area contributed by atoms with Crippen LogP contribution in [-0.2, 0) is 28.6 Å². The number of hydrogen-bond donors (Lipinski definition) is 2. The fourth-order valence-electron chi connectivity index (χ4n) is 8.84. The van der Waals surface area contributed by atoms with E-state index in [0.29, 0.717) is 24.8 Å². The van der Waals surface area contributed by atoms with E-state index in [9.17, 15) is 19.5 Å². The molecule has 0 aliphatic heterocycles. The van der Waals surface area contributed by atoms with Gasteiger partial charge in [0.05, 0.1) is 18.8 Å². The van der Waals surface area contributed by atoms with Gasteiger partial charge in [0.1, 0.15) is 17.6 Å². The molecular weight excluding hydrogens is 474 g/mol. The molecule has 4 rings (SSSR count). The van der Waals surface area contributed by atoms with E-state index in [1.807, 2.05) is 6.92 Å². The standard InChI is InChI=1S/C29H45NO7/c1-7-8-10-19(30)26(34)37-25-18-13-20(32)23-28(15-36-17(3)31)12-9-11-27(4,5)21(28)14-22(35-6)29(23,25)24(33)16(18)2/h18-23,25,32H,2,7-15,30H2,1,3-6H3/t18-,19-,20-,21+,22+,23-,25+,28-,29+/m0/s1. The van der Waals surface area contributed by atoms with Crippen LogP contribution >= 0.6 is 0 Å². The molecule has 208 valence electrons. The maximum Gasteiger partial charge on any atom is 0.323 e. The van der Waals surface area contributed by atoms with Gasteiger partial charge in [0.2, 0.25) is 0 Å². The first-order valence-corrected chi connectivity index (χ1v) is 13.9. The van der Waals surface area contributed by atoms with Gasteiger partial charge in [-0.3, -0.25) is 14.4 Å². The Morgan fingerprint density at radius 1 is 1.24 bits per heavy atom. The number of unbranched alkanes of at least 4 members (excludes halogenated alkanes) is 1. The molecule has 4 aliphatic carbocycles. The number of aliphatic hydroxyl groups excluding tert-OH is 1. The summed E-state index contributed by atoms with van der Waals surface area (Å²) >= 11 is 0. The molecule has 37 heavy (non-hydrogen) atoms. The van der Waals surface area contributed by atoms with Crippen molar-refractivity contribution in [3.63, 3.8) is 0 Å². The number of carbonyl (C=O) groups excluding carboxylic acids is 3. The summed E-state index contributed by atoms with van der Waals surface area (Å²) in [7, 11) is 1.58. The first-order chi connectivity index (χ1) is 17.4. The molecule has 3 N–H and O–H groups in total. The van der Waals surface area contributed by atoms with Crippen molar-refractivity contribution in [1.29, 1.82) is 0 Å². The average Bonchev–Trinajstić information content (AvgIpc) is 2.97. The Hall–Kier alpha value is -1.77. The molecule has 0 saturated heterocycles. The maximum atomic E-state index is 14.3. The van der Waals surface area contributed by atoms with Crippen molar-refractivity contribution in [2.24, 2.45) is 39.7 Å². The van der Waals surface area contributed by atoms with Crippen LogP contribution in [-0.4, -0.2) is 60.9 Å². The maximum absolute atomic E-state index is 14.3. The molecule has 4 fully saturated rings. The van der Waals surface area contributed by atoms with E-state index in [-0.39, 0.29) is 30.1 Å². The summed E-state index contributed by atoms with van der Waals surface area (Å²) in [6.45, 7) is 12.1. The topological polar surface area (TPSA) is 125 Å². The second-order valence-corrected chi connectivity index (χ2v) is 12.6. The third-order valence-electron chi connectivity index (χ3n) is 10.3. The Morgan fingerprint density at radius 3 is 2.57 bits per heavy atom. The highest BCUT2D eigenvalue weighted by molar-refractivity contribution is 6.05. The molecule has 2 bridgehead atoms. The minimum absolute atomic E-state index is 0.0321. The lowest BCUT2D eigenvalue weighted by Crippen LogP contribution is -2.72. The number of nitrogens with two attached hydrogens (primary N) is 1. The first kappa shape index (κ1) is 28.2. The zero-order valence-electron chi connectivity index (χ0n) is 23.1. The van der Waals surface area contributed by atoms with Crippen molar-refractivity contribution in [2.45, 2.75) is 103 Å². The van der Waals surface area contributed by atoms with Crippen LogP contribution in [0.3, 0.4) is 0 Å². The third kappa shape index (κ3) is 4.18. The molecule has 0 aromatic rings. The van der Waals surface area contributed by atoms with Crippen molar-refractivity contribution in [3.05, 3.63) is 12.2 Å². The zero-order chi connectivity index (χ0) is 27.3. The van der Waals surface area contributed by atoms with Crippen LogP contribution in [0.2, 0.25) is 0 Å². The van der Waals surface area contributed by atoms with Crippen LogP contribution in [0, 0.1) is 34.0 Å². The quantitative estimate of drug-likeness (QED) is 0.370. The Labute approximate surface area is 220 Å². The largest absolute Gasteiger partial charge is 0.465 e. The zero-order valence-corrected chi connectivity index (χ0v) is 23.1. The van der Waals surface area contributed by atoms with E-state index in [2.05, 4.69) is 20.4 Å². The van der Waals surface area contributed by atoms with Crippen molar-refractivity contribution in [1.82, 2.24) is 0 Å². The number of carbonyl (C=O) groups is 3. The normalized spacial score (nSPS) is 40.9. The number of ether oxygens (including phenoxy) is 3. The highest BCUT2D eigenvalue weighted by Gasteiger charge is 2.78. The second kappa shape index (κ2) is 10.1. The van der Waals surface area contributed by atoms with Crippen LogP contribution in [0.25, 0.3) is 0 Å². The summed E-state index contributed by atoms with van der Waals surface area (Å²) in [6.07, 6.45) is 3.29. The van der Waals surface area contributed by atoms with E-state index in [1.165, 1.54) is 6.92 Å². The molecule has 1 spiro atoms. The average molecular weight is 520 g/mol. The van der Waals surface area contributed by atoms with Gasteiger partial charge in [-0.2, -0.15) is 0 Å². The van der Waals surface area contributed by atoms with Gasteiger partial charge >= 0.3 is 11.9 Å². The van der Waals surface area contributed by atoms with Crippen molar-refractivity contribution >= 4 is 17.7 Å². The first-order valence-electron chi connectivity index (χ1n) is 13.9. The van der Waals surface area contributed by atoms with Gasteiger partial charge in [0, 0.05) is 31.3 Å². The molecule has 4 saturated carbocycles. The minimum Gasteiger partial charge on any atom is -0.465 e. The monoisotopic (exact) mass is 519 g/mol. The number of fused-ring (bicyclic) bond motifs is 3. The molecular formula is C29H45NO7. The molecule has 8 nitrogen and oxygen atoms in total. The molecule has 9 atom stereocenters. The van der Waals surface area contributed by atoms with Crippen LogP contribution in [0.5, 0.6) is 0 Å². The molecule has 0 aromatic heterocycles. The summed E-state index contributed by atoms with van der Waals surface area (Å²) in [5.74, 6) is -2.21. The second-order valence-electron chi connectivity index (χ2n) is 12.6. The number of hydrogen-bond acceptors (Lipinski definition) is 8. The highest BCUT2D eigenvalue weighted by atomic mass is 16.6. The van der Waals surface area contributed by atoms with Gasteiger partial charge < -0.3 is 25.1 Å². The van der Waals surface area contributed by atoms with E-state index in [1.54, 1.807) is 7.11 Å². The number of ketones is 1. The number of esters is 2. The highest BCUT2D eigenvalue weighted by Crippen LogP contribution is 2.72. The third-order valence-corrected chi connectivity index (χ3v) is 10.3. The van der Waals surface area contributed by atoms with E-state index < -0.39 is 59.0 Å². The van der Waals surface area contributed by atoms with Gasteiger partial charge in [-0.15, -0.1) is 0 Å².